The van der Waals surface area contributed by atoms with Gasteiger partial charge in [-0.15, -0.1) is 16.4 Å². The molecule has 0 fully saturated rings. The van der Waals surface area contributed by atoms with Crippen LogP contribution < -0.4 is 4.74 Å². The average molecular weight is 444 g/mol. The summed E-state index contributed by atoms with van der Waals surface area (Å²) in [6.45, 7) is 4.54. The van der Waals surface area contributed by atoms with Crippen LogP contribution in [0.1, 0.15) is 21.8 Å². The monoisotopic (exact) mass is 443 g/mol. The van der Waals surface area contributed by atoms with Crippen LogP contribution in [0.4, 0.5) is 0 Å². The fourth-order valence-electron chi connectivity index (χ4n) is 2.66. The van der Waals surface area contributed by atoms with Gasteiger partial charge >= 0.3 is 0 Å². The van der Waals surface area contributed by atoms with E-state index in [9.17, 15) is 0 Å². The molecule has 4 aromatic rings. The number of tetrazole rings is 1. The molecule has 0 saturated carbocycles. The lowest BCUT2D eigenvalue weighted by atomic mass is 10.1. The van der Waals surface area contributed by atoms with E-state index in [-0.39, 0.29) is 0 Å². The number of aromatic nitrogens is 5. The van der Waals surface area contributed by atoms with E-state index in [1.807, 2.05) is 17.5 Å². The number of hydrogen-bond donors (Lipinski definition) is 0. The van der Waals surface area contributed by atoms with Crippen LogP contribution in [0.3, 0.4) is 0 Å². The Morgan fingerprint density at radius 3 is 2.79 bits per heavy atom. The molecule has 0 N–H and O–H groups in total. The second-order valence-corrected chi connectivity index (χ2v) is 8.75. The molecule has 29 heavy (non-hydrogen) atoms. The number of ether oxygens (including phenoxy) is 1. The van der Waals surface area contributed by atoms with E-state index in [1.165, 1.54) is 5.56 Å². The second-order valence-electron chi connectivity index (χ2n) is 6.43. The number of aryl methyl sites for hydroxylation is 2. The Bertz CT molecular complexity index is 1110. The van der Waals surface area contributed by atoms with Crippen molar-refractivity contribution in [3.8, 4) is 11.4 Å². The maximum Gasteiger partial charge on any atom is 0.214 e. The van der Waals surface area contributed by atoms with E-state index in [0.29, 0.717) is 17.4 Å². The van der Waals surface area contributed by atoms with Crippen molar-refractivity contribution in [1.29, 1.82) is 0 Å². The molecule has 0 amide bonds. The van der Waals surface area contributed by atoms with Crippen molar-refractivity contribution >= 4 is 34.7 Å². The smallest absolute Gasteiger partial charge is 0.214 e. The zero-order chi connectivity index (χ0) is 20.2. The first kappa shape index (κ1) is 19.9. The summed E-state index contributed by atoms with van der Waals surface area (Å²) >= 11 is 9.03. The summed E-state index contributed by atoms with van der Waals surface area (Å²) in [5, 5.41) is 16.6. The Labute approximate surface area is 181 Å². The van der Waals surface area contributed by atoms with Crippen LogP contribution in [0.15, 0.2) is 53.0 Å². The van der Waals surface area contributed by atoms with Crippen molar-refractivity contribution in [3.63, 3.8) is 0 Å². The minimum Gasteiger partial charge on any atom is -0.486 e. The summed E-state index contributed by atoms with van der Waals surface area (Å²) < 4.78 is 7.54. The summed E-state index contributed by atoms with van der Waals surface area (Å²) in [5.41, 5.74) is 4.26. The zero-order valence-corrected chi connectivity index (χ0v) is 18.3. The van der Waals surface area contributed by atoms with Crippen LogP contribution in [0.25, 0.3) is 5.69 Å². The molecule has 0 radical (unpaired) electrons. The van der Waals surface area contributed by atoms with Crippen molar-refractivity contribution in [3.05, 3.63) is 74.7 Å². The third-order valence-electron chi connectivity index (χ3n) is 4.16. The molecule has 4 rings (SSSR count). The molecule has 0 unspecified atom stereocenters. The fourth-order valence-corrected chi connectivity index (χ4v) is 4.38. The van der Waals surface area contributed by atoms with Crippen molar-refractivity contribution in [2.45, 2.75) is 31.4 Å². The molecule has 2 heterocycles. The van der Waals surface area contributed by atoms with Gasteiger partial charge in [0.1, 0.15) is 17.4 Å². The van der Waals surface area contributed by atoms with Crippen LogP contribution in [-0.2, 0) is 12.4 Å². The molecule has 2 aromatic carbocycles. The van der Waals surface area contributed by atoms with Gasteiger partial charge in [-0.05, 0) is 65.7 Å². The lowest BCUT2D eigenvalue weighted by Crippen LogP contribution is -2.02. The number of nitrogens with zero attached hydrogens (tertiary/aromatic N) is 5. The van der Waals surface area contributed by atoms with Gasteiger partial charge in [-0.1, -0.05) is 35.5 Å². The van der Waals surface area contributed by atoms with Gasteiger partial charge in [-0.3, -0.25) is 0 Å². The maximum absolute atomic E-state index is 5.89. The molecule has 0 aliphatic rings. The van der Waals surface area contributed by atoms with Crippen LogP contribution in [-0.4, -0.2) is 25.2 Å². The number of halogens is 1. The Morgan fingerprint density at radius 1 is 1.14 bits per heavy atom. The zero-order valence-electron chi connectivity index (χ0n) is 15.9. The standard InChI is InChI=1S/C20H18ClN5OS2/c1-13-3-4-14(2)18(9-13)26-20(23-24-25-26)29-12-16-11-28-19(22-16)10-27-17-7-5-15(21)6-8-17/h3-9,11H,10,12H2,1-2H3. The van der Waals surface area contributed by atoms with Crippen molar-refractivity contribution < 1.29 is 4.74 Å². The van der Waals surface area contributed by atoms with Crippen LogP contribution in [0.2, 0.25) is 5.02 Å². The predicted molar refractivity (Wildman–Crippen MR) is 116 cm³/mol. The third-order valence-corrected chi connectivity index (χ3v) is 6.23. The summed E-state index contributed by atoms with van der Waals surface area (Å²) in [6, 6.07) is 13.6. The SMILES string of the molecule is Cc1ccc(C)c(-n2nnnc2SCc2csc(COc3ccc(Cl)cc3)n2)c1. The van der Waals surface area contributed by atoms with E-state index in [0.717, 1.165) is 32.9 Å². The Kier molecular flexibility index (Phi) is 6.13. The molecule has 0 aliphatic heterocycles. The molecule has 0 spiro atoms. The molecule has 0 atom stereocenters. The highest BCUT2D eigenvalue weighted by Crippen LogP contribution is 2.25. The molecule has 0 bridgehead atoms. The van der Waals surface area contributed by atoms with Gasteiger partial charge in [-0.25, -0.2) is 4.98 Å². The maximum atomic E-state index is 5.89. The molecule has 9 heteroatoms. The first-order chi connectivity index (χ1) is 14.1. The van der Waals surface area contributed by atoms with Gasteiger partial charge in [0.15, 0.2) is 0 Å². The topological polar surface area (TPSA) is 65.7 Å². The number of hydrogen-bond acceptors (Lipinski definition) is 7. The van der Waals surface area contributed by atoms with Crippen LogP contribution in [0, 0.1) is 13.8 Å². The minimum atomic E-state index is 0.428. The molecule has 0 aliphatic carbocycles. The van der Waals surface area contributed by atoms with Gasteiger partial charge in [-0.2, -0.15) is 4.68 Å². The summed E-state index contributed by atoms with van der Waals surface area (Å²) in [7, 11) is 0. The molecular weight excluding hydrogens is 426 g/mol. The van der Waals surface area contributed by atoms with Crippen molar-refractivity contribution in [1.82, 2.24) is 25.2 Å². The van der Waals surface area contributed by atoms with E-state index in [4.69, 9.17) is 16.3 Å². The quantitative estimate of drug-likeness (QED) is 0.363. The highest BCUT2D eigenvalue weighted by molar-refractivity contribution is 7.98. The lowest BCUT2D eigenvalue weighted by molar-refractivity contribution is 0.305. The Balaban J connectivity index is 1.39. The number of thiazole rings is 1. The number of rotatable bonds is 7. The fraction of sp³-hybridized carbons (Fsp3) is 0.200. The first-order valence-electron chi connectivity index (χ1n) is 8.89. The highest BCUT2D eigenvalue weighted by atomic mass is 35.5. The second kappa shape index (κ2) is 8.94. The molecule has 0 saturated heterocycles. The van der Waals surface area contributed by atoms with E-state index in [1.54, 1.807) is 39.9 Å². The average Bonchev–Trinajstić information content (AvgIpc) is 3.37. The Hall–Kier alpha value is -2.42. The van der Waals surface area contributed by atoms with E-state index < -0.39 is 0 Å². The molecule has 148 valence electrons. The van der Waals surface area contributed by atoms with Crippen molar-refractivity contribution in [2.75, 3.05) is 0 Å². The normalized spacial score (nSPS) is 11.0. The van der Waals surface area contributed by atoms with Gasteiger partial charge in [0.25, 0.3) is 0 Å². The molecular formula is C20H18ClN5OS2. The summed E-state index contributed by atoms with van der Waals surface area (Å²) in [6.07, 6.45) is 0. The third kappa shape index (κ3) is 4.95. The van der Waals surface area contributed by atoms with Gasteiger partial charge in [0.2, 0.25) is 5.16 Å². The summed E-state index contributed by atoms with van der Waals surface area (Å²) in [4.78, 5) is 4.65. The largest absolute Gasteiger partial charge is 0.486 e. The number of benzene rings is 2. The lowest BCUT2D eigenvalue weighted by Gasteiger charge is -2.08. The van der Waals surface area contributed by atoms with Crippen LogP contribution >= 0.6 is 34.7 Å². The minimum absolute atomic E-state index is 0.428. The first-order valence-corrected chi connectivity index (χ1v) is 11.1. The van der Waals surface area contributed by atoms with Gasteiger partial charge in [0, 0.05) is 16.2 Å². The van der Waals surface area contributed by atoms with E-state index in [2.05, 4.69) is 52.6 Å². The molecule has 6 nitrogen and oxygen atoms in total. The summed E-state index contributed by atoms with van der Waals surface area (Å²) in [5.74, 6) is 1.45. The Morgan fingerprint density at radius 2 is 1.97 bits per heavy atom. The predicted octanol–water partition coefficient (Wildman–Crippen LogP) is 5.26. The molecule has 2 aromatic heterocycles. The van der Waals surface area contributed by atoms with Gasteiger partial charge in [0.05, 0.1) is 11.4 Å². The number of thioether (sulfide) groups is 1. The highest BCUT2D eigenvalue weighted by Gasteiger charge is 2.13. The van der Waals surface area contributed by atoms with Crippen LogP contribution in [0.5, 0.6) is 5.75 Å². The van der Waals surface area contributed by atoms with Gasteiger partial charge < -0.3 is 4.74 Å². The van der Waals surface area contributed by atoms with E-state index >= 15 is 0 Å². The van der Waals surface area contributed by atoms with Crippen molar-refractivity contribution in [2.24, 2.45) is 0 Å².